The molecule has 4 N–H and O–H groups in total. The van der Waals surface area contributed by atoms with Crippen molar-refractivity contribution in [2.24, 2.45) is 9.98 Å². The predicted molar refractivity (Wildman–Crippen MR) is 82.9 cm³/mol. The third kappa shape index (κ3) is 2.96. The van der Waals surface area contributed by atoms with Gasteiger partial charge in [0, 0.05) is 11.3 Å². The van der Waals surface area contributed by atoms with Crippen LogP contribution in [-0.2, 0) is 9.59 Å². The molecule has 2 aromatic rings. The molecule has 0 aromatic heterocycles. The van der Waals surface area contributed by atoms with Gasteiger partial charge < -0.3 is 11.5 Å². The highest BCUT2D eigenvalue weighted by molar-refractivity contribution is 5.96. The van der Waals surface area contributed by atoms with E-state index in [0.717, 1.165) is 6.07 Å². The Kier molecular flexibility index (Phi) is 4.28. The van der Waals surface area contributed by atoms with Gasteiger partial charge in [0.2, 0.25) is 12.2 Å². The highest BCUT2D eigenvalue weighted by Crippen LogP contribution is 2.47. The van der Waals surface area contributed by atoms with E-state index >= 15 is 0 Å². The molecule has 0 atom stereocenters. The maximum absolute atomic E-state index is 11.2. The Bertz CT molecular complexity index is 879. The third-order valence-electron chi connectivity index (χ3n) is 2.99. The fraction of sp³-hybridized carbons (Fsp3) is 0. The van der Waals surface area contributed by atoms with Crippen LogP contribution >= 0.6 is 0 Å². The highest BCUT2D eigenvalue weighted by atomic mass is 16.6. The molecule has 0 aliphatic rings. The van der Waals surface area contributed by atoms with E-state index in [1.54, 1.807) is 12.1 Å². The quantitative estimate of drug-likeness (QED) is 0.290. The first-order valence-electron chi connectivity index (χ1n) is 6.12. The molecule has 0 fully saturated rings. The molecule has 2 rings (SSSR count). The summed E-state index contributed by atoms with van der Waals surface area (Å²) in [4.78, 5) is 38.6. The number of anilines is 2. The molecule has 0 spiro atoms. The summed E-state index contributed by atoms with van der Waals surface area (Å²) in [6, 6.07) is 7.30. The second kappa shape index (κ2) is 6.31. The van der Waals surface area contributed by atoms with Crippen LogP contribution in [0.15, 0.2) is 40.3 Å². The summed E-state index contributed by atoms with van der Waals surface area (Å²) in [7, 11) is 0. The topological polar surface area (TPSA) is 154 Å². The average Bonchev–Trinajstić information content (AvgIpc) is 2.49. The zero-order chi connectivity index (χ0) is 17.0. The lowest BCUT2D eigenvalue weighted by Crippen LogP contribution is -1.98. The summed E-state index contributed by atoms with van der Waals surface area (Å²) in [5, 5.41) is 11.2. The van der Waals surface area contributed by atoms with Crippen LogP contribution in [0, 0.1) is 10.1 Å². The summed E-state index contributed by atoms with van der Waals surface area (Å²) in [5.41, 5.74) is 10.9. The zero-order valence-electron chi connectivity index (χ0n) is 11.5. The van der Waals surface area contributed by atoms with E-state index in [0.29, 0.717) is 11.3 Å². The number of carbonyl (C=O) groups excluding carboxylic acids is 2. The number of benzene rings is 2. The maximum Gasteiger partial charge on any atom is 0.319 e. The van der Waals surface area contributed by atoms with Crippen molar-refractivity contribution in [2.75, 3.05) is 11.5 Å². The Balaban J connectivity index is 2.97. The number of hydrogen-bond donors (Lipinski definition) is 2. The number of nitrogens with zero attached hydrogens (tertiary/aromatic N) is 3. The molecule has 2 aromatic carbocycles. The summed E-state index contributed by atoms with van der Waals surface area (Å²) in [6.45, 7) is 0. The van der Waals surface area contributed by atoms with Crippen LogP contribution in [0.4, 0.5) is 28.4 Å². The standard InChI is InChI=1S/C14H9N5O4/c15-9-3-1-8(2-4-9)12-11(17-6-20)5-10(16)14(19(22)23)13(12)18-7-21/h1-5H,15-16H2. The Morgan fingerprint density at radius 1 is 1.04 bits per heavy atom. The lowest BCUT2D eigenvalue weighted by molar-refractivity contribution is -0.383. The van der Waals surface area contributed by atoms with Gasteiger partial charge in [0.05, 0.1) is 10.6 Å². The number of nitro groups is 1. The van der Waals surface area contributed by atoms with Crippen LogP contribution in [0.25, 0.3) is 11.1 Å². The van der Waals surface area contributed by atoms with Gasteiger partial charge in [-0.2, -0.15) is 9.98 Å². The number of nitrogens with two attached hydrogens (primary N) is 2. The number of nitro benzene ring substituents is 1. The summed E-state index contributed by atoms with van der Waals surface area (Å²) in [6.07, 6.45) is 2.58. The lowest BCUT2D eigenvalue weighted by Gasteiger charge is -2.10. The Morgan fingerprint density at radius 3 is 2.17 bits per heavy atom. The van der Waals surface area contributed by atoms with Crippen molar-refractivity contribution in [1.82, 2.24) is 0 Å². The Hall–Kier alpha value is -3.80. The van der Waals surface area contributed by atoms with Crippen LogP contribution in [-0.4, -0.2) is 17.1 Å². The largest absolute Gasteiger partial charge is 0.399 e. The first kappa shape index (κ1) is 15.6. The zero-order valence-corrected chi connectivity index (χ0v) is 11.5. The molecule has 0 amide bonds. The smallest absolute Gasteiger partial charge is 0.319 e. The molecular weight excluding hydrogens is 302 g/mol. The van der Waals surface area contributed by atoms with Crippen LogP contribution in [0.3, 0.4) is 0 Å². The van der Waals surface area contributed by atoms with E-state index in [1.807, 2.05) is 0 Å². The van der Waals surface area contributed by atoms with Gasteiger partial charge >= 0.3 is 5.69 Å². The molecule has 0 bridgehead atoms. The van der Waals surface area contributed by atoms with Gasteiger partial charge in [-0.25, -0.2) is 9.59 Å². The van der Waals surface area contributed by atoms with Gasteiger partial charge in [0.1, 0.15) is 5.69 Å². The van der Waals surface area contributed by atoms with Gasteiger partial charge in [-0.15, -0.1) is 0 Å². The van der Waals surface area contributed by atoms with Crippen LogP contribution in [0.1, 0.15) is 0 Å². The molecule has 0 heterocycles. The van der Waals surface area contributed by atoms with E-state index in [1.165, 1.54) is 24.3 Å². The summed E-state index contributed by atoms with van der Waals surface area (Å²) >= 11 is 0. The van der Waals surface area contributed by atoms with Crippen molar-refractivity contribution in [2.45, 2.75) is 0 Å². The minimum Gasteiger partial charge on any atom is -0.399 e. The summed E-state index contributed by atoms with van der Waals surface area (Å²) < 4.78 is 0. The Morgan fingerprint density at radius 2 is 1.65 bits per heavy atom. The predicted octanol–water partition coefficient (Wildman–Crippen LogP) is 2.36. The first-order valence-corrected chi connectivity index (χ1v) is 6.12. The molecule has 9 heteroatoms. The molecule has 114 valence electrons. The fourth-order valence-corrected chi connectivity index (χ4v) is 2.08. The molecule has 0 unspecified atom stereocenters. The SMILES string of the molecule is Nc1ccc(-c2c(N=C=O)cc(N)c([N+](=O)[O-])c2N=C=O)cc1. The normalized spacial score (nSPS) is 9.57. The van der Waals surface area contributed by atoms with Crippen LogP contribution in [0.2, 0.25) is 0 Å². The third-order valence-corrected chi connectivity index (χ3v) is 2.99. The molecule has 0 radical (unpaired) electrons. The van der Waals surface area contributed by atoms with Gasteiger partial charge in [-0.3, -0.25) is 10.1 Å². The second-order valence-corrected chi connectivity index (χ2v) is 4.34. The minimum atomic E-state index is -0.777. The van der Waals surface area contributed by atoms with E-state index in [4.69, 9.17) is 11.5 Å². The van der Waals surface area contributed by atoms with Crippen molar-refractivity contribution in [3.8, 4) is 11.1 Å². The maximum atomic E-state index is 11.2. The first-order chi connectivity index (χ1) is 11.0. The van der Waals surface area contributed by atoms with E-state index in [-0.39, 0.29) is 22.6 Å². The van der Waals surface area contributed by atoms with Gasteiger partial charge in [0.25, 0.3) is 0 Å². The average molecular weight is 311 g/mol. The summed E-state index contributed by atoms with van der Waals surface area (Å²) in [5.74, 6) is 0. The van der Waals surface area contributed by atoms with Crippen molar-refractivity contribution in [3.63, 3.8) is 0 Å². The Labute approximate surface area is 129 Å². The fourth-order valence-electron chi connectivity index (χ4n) is 2.08. The molecule has 0 aliphatic heterocycles. The highest BCUT2D eigenvalue weighted by Gasteiger charge is 2.26. The van der Waals surface area contributed by atoms with Gasteiger partial charge in [0.15, 0.2) is 5.69 Å². The molecule has 0 aliphatic carbocycles. The van der Waals surface area contributed by atoms with Gasteiger partial charge in [-0.1, -0.05) is 12.1 Å². The second-order valence-electron chi connectivity index (χ2n) is 4.34. The molecule has 0 saturated heterocycles. The number of aliphatic imine (C=N–C) groups is 2. The number of isocyanates is 2. The minimum absolute atomic E-state index is 0.0122. The van der Waals surface area contributed by atoms with Crippen LogP contribution < -0.4 is 11.5 Å². The monoisotopic (exact) mass is 311 g/mol. The molecular formula is C14H9N5O4. The number of rotatable bonds is 4. The van der Waals surface area contributed by atoms with Crippen LogP contribution in [0.5, 0.6) is 0 Å². The van der Waals surface area contributed by atoms with E-state index < -0.39 is 10.6 Å². The van der Waals surface area contributed by atoms with Crippen molar-refractivity contribution < 1.29 is 14.5 Å². The van der Waals surface area contributed by atoms with Gasteiger partial charge in [-0.05, 0) is 23.8 Å². The molecule has 9 nitrogen and oxygen atoms in total. The number of nitrogen functional groups attached to an aromatic ring is 2. The molecule has 23 heavy (non-hydrogen) atoms. The number of hydrogen-bond acceptors (Lipinski definition) is 8. The van der Waals surface area contributed by atoms with E-state index in [9.17, 15) is 19.7 Å². The van der Waals surface area contributed by atoms with Crippen molar-refractivity contribution in [1.29, 1.82) is 0 Å². The molecule has 0 saturated carbocycles. The van der Waals surface area contributed by atoms with E-state index in [2.05, 4.69) is 9.98 Å². The lowest BCUT2D eigenvalue weighted by atomic mass is 9.99. The van der Waals surface area contributed by atoms with Crippen molar-refractivity contribution in [3.05, 3.63) is 40.4 Å². The van der Waals surface area contributed by atoms with Crippen molar-refractivity contribution >= 4 is 40.6 Å².